The molecule has 2 rings (SSSR count). The number of nitrogens with two attached hydrogens (primary N) is 1. The first-order valence-electron chi connectivity index (χ1n) is 6.94. The van der Waals surface area contributed by atoms with E-state index >= 15 is 0 Å². The molecule has 0 unspecified atom stereocenters. The van der Waals surface area contributed by atoms with Crippen LogP contribution in [0.4, 0.5) is 8.78 Å². The fourth-order valence-electron chi connectivity index (χ4n) is 2.64. The van der Waals surface area contributed by atoms with Crippen LogP contribution >= 0.6 is 0 Å². The topological polar surface area (TPSA) is 63.4 Å². The number of ketones is 1. The van der Waals surface area contributed by atoms with Gasteiger partial charge in [-0.05, 0) is 44.0 Å². The molecule has 2 N–H and O–H groups in total. The summed E-state index contributed by atoms with van der Waals surface area (Å²) in [5.41, 5.74) is 5.08. The number of likely N-dealkylation sites (tertiary alicyclic amines) is 1. The minimum absolute atomic E-state index is 0.0874. The fourth-order valence-corrected chi connectivity index (χ4v) is 2.64. The van der Waals surface area contributed by atoms with Crippen molar-refractivity contribution in [2.24, 2.45) is 11.7 Å². The molecule has 21 heavy (non-hydrogen) atoms. The minimum Gasteiger partial charge on any atom is -0.370 e. The summed E-state index contributed by atoms with van der Waals surface area (Å²) < 4.78 is 26.3. The zero-order valence-corrected chi connectivity index (χ0v) is 11.6. The quantitative estimate of drug-likeness (QED) is 0.842. The van der Waals surface area contributed by atoms with Gasteiger partial charge in [0.15, 0.2) is 5.78 Å². The molecule has 0 aromatic heterocycles. The molecule has 0 aliphatic carbocycles. The van der Waals surface area contributed by atoms with E-state index in [1.54, 1.807) is 0 Å². The van der Waals surface area contributed by atoms with E-state index in [9.17, 15) is 18.4 Å². The van der Waals surface area contributed by atoms with Crippen LogP contribution in [-0.4, -0.2) is 36.2 Å². The number of amides is 1. The number of carbonyl (C=O) groups is 2. The lowest BCUT2D eigenvalue weighted by molar-refractivity contribution is -0.119. The van der Waals surface area contributed by atoms with Crippen LogP contribution < -0.4 is 5.73 Å². The van der Waals surface area contributed by atoms with Crippen LogP contribution in [0.25, 0.3) is 0 Å². The van der Waals surface area contributed by atoms with Crippen molar-refractivity contribution in [1.82, 2.24) is 4.90 Å². The minimum atomic E-state index is -0.830. The Bertz CT molecular complexity index is 540. The van der Waals surface area contributed by atoms with Crippen molar-refractivity contribution in [3.8, 4) is 0 Å². The second kappa shape index (κ2) is 6.76. The normalized spacial score (nSPS) is 16.9. The van der Waals surface area contributed by atoms with Crippen molar-refractivity contribution in [3.05, 3.63) is 35.4 Å². The summed E-state index contributed by atoms with van der Waals surface area (Å²) >= 11 is 0. The number of hydrogen-bond acceptors (Lipinski definition) is 3. The fraction of sp³-hybridized carbons (Fsp3) is 0.467. The van der Waals surface area contributed by atoms with Crippen molar-refractivity contribution < 1.29 is 18.4 Å². The summed E-state index contributed by atoms with van der Waals surface area (Å²) in [5.74, 6) is -1.94. The van der Waals surface area contributed by atoms with E-state index in [4.69, 9.17) is 5.73 Å². The van der Waals surface area contributed by atoms with Gasteiger partial charge in [0.25, 0.3) is 0 Å². The van der Waals surface area contributed by atoms with Gasteiger partial charge in [-0.2, -0.15) is 0 Å². The van der Waals surface area contributed by atoms with Crippen molar-refractivity contribution in [2.75, 3.05) is 19.6 Å². The van der Waals surface area contributed by atoms with Crippen LogP contribution in [-0.2, 0) is 4.79 Å². The molecule has 1 aromatic carbocycles. The Kier molecular flexibility index (Phi) is 5.01. The third kappa shape index (κ3) is 4.32. The van der Waals surface area contributed by atoms with Gasteiger partial charge in [-0.15, -0.1) is 0 Å². The van der Waals surface area contributed by atoms with Crippen LogP contribution in [0.5, 0.6) is 0 Å². The summed E-state index contributed by atoms with van der Waals surface area (Å²) in [6, 6.07) is 2.97. The molecule has 1 saturated heterocycles. The van der Waals surface area contributed by atoms with E-state index in [1.807, 2.05) is 4.90 Å². The van der Waals surface area contributed by atoms with Crippen LogP contribution in [0.2, 0.25) is 0 Å². The van der Waals surface area contributed by atoms with Crippen LogP contribution in [0.15, 0.2) is 18.2 Å². The number of benzene rings is 1. The van der Waals surface area contributed by atoms with Crippen molar-refractivity contribution in [1.29, 1.82) is 0 Å². The third-order valence-corrected chi connectivity index (χ3v) is 3.80. The Morgan fingerprint density at radius 1 is 1.24 bits per heavy atom. The molecule has 6 heteroatoms. The highest BCUT2D eigenvalue weighted by Crippen LogP contribution is 2.20. The Morgan fingerprint density at radius 3 is 2.48 bits per heavy atom. The highest BCUT2D eigenvalue weighted by molar-refractivity contribution is 5.97. The maximum Gasteiger partial charge on any atom is 0.217 e. The molecule has 0 saturated carbocycles. The van der Waals surface area contributed by atoms with Gasteiger partial charge in [0.05, 0.1) is 12.1 Å². The van der Waals surface area contributed by atoms with Gasteiger partial charge < -0.3 is 5.73 Å². The number of halogens is 2. The maximum atomic E-state index is 13.5. The Balaban J connectivity index is 1.88. The van der Waals surface area contributed by atoms with Gasteiger partial charge in [-0.1, -0.05) is 0 Å². The van der Waals surface area contributed by atoms with Gasteiger partial charge in [-0.3, -0.25) is 14.5 Å². The SMILES string of the molecule is NC(=O)CC1CCN(CC(=O)c2ccc(F)cc2F)CC1. The number of Topliss-reactive ketones (excluding diaryl/α,β-unsaturated/α-hetero) is 1. The lowest BCUT2D eigenvalue weighted by Gasteiger charge is -2.30. The zero-order valence-electron chi connectivity index (χ0n) is 11.6. The van der Waals surface area contributed by atoms with Gasteiger partial charge in [0.2, 0.25) is 5.91 Å². The first-order valence-corrected chi connectivity index (χ1v) is 6.94. The second-order valence-electron chi connectivity index (χ2n) is 5.44. The molecular weight excluding hydrogens is 278 g/mol. The van der Waals surface area contributed by atoms with Gasteiger partial charge in [0.1, 0.15) is 11.6 Å². The van der Waals surface area contributed by atoms with Crippen molar-refractivity contribution >= 4 is 11.7 Å². The summed E-state index contributed by atoms with van der Waals surface area (Å²) in [5, 5.41) is 0. The monoisotopic (exact) mass is 296 g/mol. The lowest BCUT2D eigenvalue weighted by atomic mass is 9.93. The maximum absolute atomic E-state index is 13.5. The highest BCUT2D eigenvalue weighted by Gasteiger charge is 2.23. The van der Waals surface area contributed by atoms with Crippen LogP contribution in [0.1, 0.15) is 29.6 Å². The number of nitrogens with zero attached hydrogens (tertiary/aromatic N) is 1. The predicted molar refractivity (Wildman–Crippen MR) is 73.7 cm³/mol. The number of rotatable bonds is 5. The standard InChI is InChI=1S/C15H18F2N2O2/c16-11-1-2-12(13(17)8-11)14(20)9-19-5-3-10(4-6-19)7-15(18)21/h1-2,8,10H,3-7,9H2,(H2,18,21). The average molecular weight is 296 g/mol. The highest BCUT2D eigenvalue weighted by atomic mass is 19.1. The number of hydrogen-bond donors (Lipinski definition) is 1. The largest absolute Gasteiger partial charge is 0.370 e. The molecule has 1 aliphatic heterocycles. The molecule has 0 radical (unpaired) electrons. The first kappa shape index (κ1) is 15.6. The Morgan fingerprint density at radius 2 is 1.90 bits per heavy atom. The molecule has 1 fully saturated rings. The molecule has 1 aromatic rings. The van der Waals surface area contributed by atoms with Crippen molar-refractivity contribution in [3.63, 3.8) is 0 Å². The van der Waals surface area contributed by atoms with Gasteiger partial charge in [-0.25, -0.2) is 8.78 Å². The number of primary amides is 1. The summed E-state index contributed by atoms with van der Waals surface area (Å²) in [6.45, 7) is 1.45. The molecule has 1 heterocycles. The smallest absolute Gasteiger partial charge is 0.217 e. The lowest BCUT2D eigenvalue weighted by Crippen LogP contribution is -2.38. The molecule has 1 aliphatic rings. The van der Waals surface area contributed by atoms with Crippen LogP contribution in [0, 0.1) is 17.6 Å². The molecule has 1 amide bonds. The molecule has 114 valence electrons. The molecule has 0 spiro atoms. The van der Waals surface area contributed by atoms with E-state index in [1.165, 1.54) is 6.07 Å². The first-order chi connectivity index (χ1) is 9.95. The van der Waals surface area contributed by atoms with Crippen LogP contribution in [0.3, 0.4) is 0 Å². The summed E-state index contributed by atoms with van der Waals surface area (Å²) in [6.07, 6.45) is 1.96. The van der Waals surface area contributed by atoms with E-state index in [-0.39, 0.29) is 29.7 Å². The van der Waals surface area contributed by atoms with E-state index in [2.05, 4.69) is 0 Å². The molecule has 0 atom stereocenters. The van der Waals surface area contributed by atoms with E-state index in [0.717, 1.165) is 18.9 Å². The number of piperidine rings is 1. The summed E-state index contributed by atoms with van der Waals surface area (Å²) in [4.78, 5) is 24.8. The van der Waals surface area contributed by atoms with E-state index in [0.29, 0.717) is 25.6 Å². The average Bonchev–Trinajstić information content (AvgIpc) is 2.40. The molecular formula is C15H18F2N2O2. The molecule has 4 nitrogen and oxygen atoms in total. The van der Waals surface area contributed by atoms with Gasteiger partial charge >= 0.3 is 0 Å². The molecule has 0 bridgehead atoms. The third-order valence-electron chi connectivity index (χ3n) is 3.80. The zero-order chi connectivity index (χ0) is 15.4. The van der Waals surface area contributed by atoms with Gasteiger partial charge in [0, 0.05) is 12.5 Å². The Hall–Kier alpha value is -1.82. The van der Waals surface area contributed by atoms with Crippen molar-refractivity contribution in [2.45, 2.75) is 19.3 Å². The second-order valence-corrected chi connectivity index (χ2v) is 5.44. The Labute approximate surface area is 121 Å². The van der Waals surface area contributed by atoms with E-state index < -0.39 is 11.6 Å². The number of carbonyl (C=O) groups excluding carboxylic acids is 2. The predicted octanol–water partition coefficient (Wildman–Crippen LogP) is 1.73. The summed E-state index contributed by atoms with van der Waals surface area (Å²) in [7, 11) is 0.